The number of carbonyl (C=O) groups excluding carboxylic acids is 1. The first-order chi connectivity index (χ1) is 14.0. The fourth-order valence-corrected chi connectivity index (χ4v) is 4.87. The molecule has 1 aliphatic rings. The number of rotatable bonds is 4. The van der Waals surface area contributed by atoms with Crippen LogP contribution >= 0.6 is 0 Å². The average molecular weight is 407 g/mol. The zero-order chi connectivity index (χ0) is 20.4. The highest BCUT2D eigenvalue weighted by Crippen LogP contribution is 2.29. The second-order valence-electron chi connectivity index (χ2n) is 7.02. The first-order valence-corrected chi connectivity index (χ1v) is 11.0. The van der Waals surface area contributed by atoms with E-state index in [0.29, 0.717) is 17.8 Å². The summed E-state index contributed by atoms with van der Waals surface area (Å²) in [4.78, 5) is 15.0. The van der Waals surface area contributed by atoms with Crippen molar-refractivity contribution in [2.45, 2.75) is 17.7 Å². The molecule has 0 saturated heterocycles. The molecule has 5 nitrogen and oxygen atoms in total. The van der Waals surface area contributed by atoms with Crippen LogP contribution in [0.4, 0.5) is 11.4 Å². The molecule has 0 spiro atoms. The monoisotopic (exact) mass is 406 g/mol. The number of nitrogens with zero attached hydrogens (tertiary/aromatic N) is 2. The summed E-state index contributed by atoms with van der Waals surface area (Å²) in [5.41, 5.74) is 2.97. The topological polar surface area (TPSA) is 57.7 Å². The van der Waals surface area contributed by atoms with Crippen LogP contribution in [0.3, 0.4) is 0 Å². The second kappa shape index (κ2) is 7.72. The fraction of sp³-hybridized carbons (Fsp3) is 0.174. The summed E-state index contributed by atoms with van der Waals surface area (Å²) < 4.78 is 27.4. The zero-order valence-electron chi connectivity index (χ0n) is 16.2. The SMILES string of the molecule is CN(c1ccccc1)S(=O)(=O)c1cccc(C(=O)N2CCCc3ccccc32)c1. The summed E-state index contributed by atoms with van der Waals surface area (Å²) in [6, 6.07) is 23.0. The van der Waals surface area contributed by atoms with Crippen LogP contribution in [0.15, 0.2) is 83.8 Å². The third-order valence-electron chi connectivity index (χ3n) is 5.21. The Morgan fingerprint density at radius 3 is 2.45 bits per heavy atom. The van der Waals surface area contributed by atoms with Crippen molar-refractivity contribution in [1.82, 2.24) is 0 Å². The quantitative estimate of drug-likeness (QED) is 0.655. The van der Waals surface area contributed by atoms with E-state index >= 15 is 0 Å². The third-order valence-corrected chi connectivity index (χ3v) is 7.00. The van der Waals surface area contributed by atoms with Gasteiger partial charge in [0.15, 0.2) is 0 Å². The molecule has 3 aromatic carbocycles. The van der Waals surface area contributed by atoms with E-state index in [9.17, 15) is 13.2 Å². The first kappa shape index (κ1) is 19.2. The Bertz CT molecular complexity index is 1140. The minimum Gasteiger partial charge on any atom is -0.308 e. The van der Waals surface area contributed by atoms with Crippen LogP contribution in [0, 0.1) is 0 Å². The lowest BCUT2D eigenvalue weighted by atomic mass is 10.0. The molecule has 148 valence electrons. The normalized spacial score (nSPS) is 13.6. The maximum absolute atomic E-state index is 13.2. The molecule has 1 amide bonds. The van der Waals surface area contributed by atoms with Gasteiger partial charge in [-0.15, -0.1) is 0 Å². The average Bonchev–Trinajstić information content (AvgIpc) is 2.78. The summed E-state index contributed by atoms with van der Waals surface area (Å²) in [7, 11) is -2.26. The largest absolute Gasteiger partial charge is 0.308 e. The van der Waals surface area contributed by atoms with Crippen molar-refractivity contribution < 1.29 is 13.2 Å². The number of carbonyl (C=O) groups is 1. The molecule has 4 rings (SSSR count). The van der Waals surface area contributed by atoms with Gasteiger partial charge in [0, 0.05) is 24.8 Å². The van der Waals surface area contributed by atoms with Gasteiger partial charge in [-0.1, -0.05) is 42.5 Å². The number of sulfonamides is 1. The molecule has 3 aromatic rings. The molecule has 0 N–H and O–H groups in total. The molecular weight excluding hydrogens is 384 g/mol. The van der Waals surface area contributed by atoms with Gasteiger partial charge in [0.25, 0.3) is 15.9 Å². The summed E-state index contributed by atoms with van der Waals surface area (Å²) in [6.45, 7) is 0.622. The van der Waals surface area contributed by atoms with Gasteiger partial charge >= 0.3 is 0 Å². The van der Waals surface area contributed by atoms with Crippen molar-refractivity contribution in [1.29, 1.82) is 0 Å². The molecule has 0 aromatic heterocycles. The lowest BCUT2D eigenvalue weighted by Gasteiger charge is -2.29. The van der Waals surface area contributed by atoms with E-state index in [1.54, 1.807) is 41.3 Å². The Kier molecular flexibility index (Phi) is 5.11. The number of benzene rings is 3. The summed E-state index contributed by atoms with van der Waals surface area (Å²) >= 11 is 0. The molecule has 29 heavy (non-hydrogen) atoms. The highest BCUT2D eigenvalue weighted by Gasteiger charge is 2.26. The van der Waals surface area contributed by atoms with Gasteiger partial charge in [-0.25, -0.2) is 8.42 Å². The Balaban J connectivity index is 1.67. The van der Waals surface area contributed by atoms with Crippen molar-refractivity contribution in [2.24, 2.45) is 0 Å². The number of fused-ring (bicyclic) bond motifs is 1. The van der Waals surface area contributed by atoms with Crippen LogP contribution in [-0.4, -0.2) is 27.9 Å². The molecule has 0 saturated carbocycles. The lowest BCUT2D eigenvalue weighted by molar-refractivity contribution is 0.0985. The van der Waals surface area contributed by atoms with Crippen molar-refractivity contribution in [2.75, 3.05) is 22.8 Å². The van der Waals surface area contributed by atoms with Crippen LogP contribution in [-0.2, 0) is 16.4 Å². The minimum absolute atomic E-state index is 0.0972. The lowest BCUT2D eigenvalue weighted by Crippen LogP contribution is -2.35. The summed E-state index contributed by atoms with van der Waals surface area (Å²) in [6.07, 6.45) is 1.83. The van der Waals surface area contributed by atoms with Crippen molar-refractivity contribution in [3.63, 3.8) is 0 Å². The number of anilines is 2. The zero-order valence-corrected chi connectivity index (χ0v) is 17.0. The van der Waals surface area contributed by atoms with Crippen LogP contribution < -0.4 is 9.21 Å². The molecule has 0 radical (unpaired) electrons. The highest BCUT2D eigenvalue weighted by atomic mass is 32.2. The van der Waals surface area contributed by atoms with Crippen molar-refractivity contribution >= 4 is 27.3 Å². The van der Waals surface area contributed by atoms with E-state index < -0.39 is 10.0 Å². The number of para-hydroxylation sites is 2. The number of amides is 1. The van der Waals surface area contributed by atoms with E-state index in [4.69, 9.17) is 0 Å². The number of hydrogen-bond donors (Lipinski definition) is 0. The predicted octanol–water partition coefficient (Wildman–Crippen LogP) is 4.10. The van der Waals surface area contributed by atoms with Gasteiger partial charge in [0.1, 0.15) is 0 Å². The molecule has 0 atom stereocenters. The van der Waals surface area contributed by atoms with Crippen LogP contribution in [0.5, 0.6) is 0 Å². The van der Waals surface area contributed by atoms with E-state index in [-0.39, 0.29) is 10.8 Å². The molecule has 0 bridgehead atoms. The molecule has 6 heteroatoms. The van der Waals surface area contributed by atoms with Gasteiger partial charge in [-0.2, -0.15) is 0 Å². The standard InChI is InChI=1S/C23H22N2O3S/c1-24(20-12-3-2-4-13-20)29(27,28)21-14-7-10-19(17-21)23(26)25-16-8-11-18-9-5-6-15-22(18)25/h2-7,9-10,12-15,17H,8,11,16H2,1H3. The fourth-order valence-electron chi connectivity index (χ4n) is 3.62. The van der Waals surface area contributed by atoms with E-state index in [1.165, 1.54) is 23.5 Å². The van der Waals surface area contributed by atoms with Crippen LogP contribution in [0.25, 0.3) is 0 Å². The highest BCUT2D eigenvalue weighted by molar-refractivity contribution is 7.92. The Morgan fingerprint density at radius 2 is 1.66 bits per heavy atom. The van der Waals surface area contributed by atoms with E-state index in [2.05, 4.69) is 0 Å². The molecule has 0 unspecified atom stereocenters. The van der Waals surface area contributed by atoms with Gasteiger partial charge < -0.3 is 4.90 Å². The van der Waals surface area contributed by atoms with Crippen molar-refractivity contribution in [3.8, 4) is 0 Å². The second-order valence-corrected chi connectivity index (χ2v) is 8.99. The predicted molar refractivity (Wildman–Crippen MR) is 115 cm³/mol. The van der Waals surface area contributed by atoms with Crippen molar-refractivity contribution in [3.05, 3.63) is 90.0 Å². The molecule has 1 heterocycles. The summed E-state index contributed by atoms with van der Waals surface area (Å²) in [5, 5.41) is 0. The molecule has 0 fully saturated rings. The third kappa shape index (κ3) is 3.63. The van der Waals surface area contributed by atoms with Gasteiger partial charge in [-0.3, -0.25) is 9.10 Å². The first-order valence-electron chi connectivity index (χ1n) is 9.52. The summed E-state index contributed by atoms with van der Waals surface area (Å²) in [5.74, 6) is -0.184. The minimum atomic E-state index is -3.78. The van der Waals surface area contributed by atoms with E-state index in [0.717, 1.165) is 24.1 Å². The Labute approximate surface area is 171 Å². The Morgan fingerprint density at radius 1 is 0.931 bits per heavy atom. The number of hydrogen-bond acceptors (Lipinski definition) is 3. The van der Waals surface area contributed by atoms with Gasteiger partial charge in [-0.05, 0) is 54.8 Å². The smallest absolute Gasteiger partial charge is 0.264 e. The maximum Gasteiger partial charge on any atom is 0.264 e. The molecule has 1 aliphatic heterocycles. The van der Waals surface area contributed by atoms with Crippen LogP contribution in [0.2, 0.25) is 0 Å². The molecular formula is C23H22N2O3S. The van der Waals surface area contributed by atoms with Gasteiger partial charge in [0.2, 0.25) is 0 Å². The number of aryl methyl sites for hydroxylation is 1. The van der Waals surface area contributed by atoms with Crippen LogP contribution in [0.1, 0.15) is 22.3 Å². The van der Waals surface area contributed by atoms with E-state index in [1.807, 2.05) is 30.3 Å². The van der Waals surface area contributed by atoms with Gasteiger partial charge in [0.05, 0.1) is 10.6 Å². The Hall–Kier alpha value is -3.12. The maximum atomic E-state index is 13.2. The molecule has 0 aliphatic carbocycles.